The Hall–Kier alpha value is -3.60. The molecule has 10 heteroatoms. The Morgan fingerprint density at radius 3 is 2.73 bits per heavy atom. The molecule has 9 nitrogen and oxygen atoms in total. The van der Waals surface area contributed by atoms with E-state index in [1.807, 2.05) is 24.3 Å². The standard InChI is InChI=1S/C30H31FN6O3/c31-26-27(24-11-21(38)9-17-3-1-2-4-23(17)24)32-12-25-28(26)34-30(39-8-7-36-15-22-10-20(36)16-40-22)35-29(25)37-13-18-5-6-19(14-37)33-18/h1-4,9,11-12,18-20,22,33,38H,5-8,10,13-16H2/t18?,19?,20?,22-/m0/s1. The number of nitrogens with one attached hydrogen (secondary N) is 1. The zero-order valence-corrected chi connectivity index (χ0v) is 22.1. The first-order valence-electron chi connectivity index (χ1n) is 14.2. The molecule has 2 aromatic heterocycles. The number of phenolic OH excluding ortho intramolecular Hbond substituents is 1. The lowest BCUT2D eigenvalue weighted by atomic mass is 10.0. The fraction of sp³-hybridized carbons (Fsp3) is 0.433. The van der Waals surface area contributed by atoms with Gasteiger partial charge in [-0.05, 0) is 42.2 Å². The molecule has 0 amide bonds. The van der Waals surface area contributed by atoms with Gasteiger partial charge in [-0.25, -0.2) is 4.39 Å². The maximum absolute atomic E-state index is 16.4. The Morgan fingerprint density at radius 1 is 1.07 bits per heavy atom. The summed E-state index contributed by atoms with van der Waals surface area (Å²) >= 11 is 0. The highest BCUT2D eigenvalue weighted by Crippen LogP contribution is 2.37. The minimum absolute atomic E-state index is 0.0553. The molecule has 2 aromatic carbocycles. The molecule has 0 spiro atoms. The number of phenols is 1. The van der Waals surface area contributed by atoms with Crippen LogP contribution in [0.1, 0.15) is 19.3 Å². The maximum Gasteiger partial charge on any atom is 0.319 e. The topological polar surface area (TPSA) is 95.9 Å². The Bertz CT molecular complexity index is 1610. The Kier molecular flexibility index (Phi) is 5.75. The van der Waals surface area contributed by atoms with Crippen LogP contribution in [0, 0.1) is 5.82 Å². The summed E-state index contributed by atoms with van der Waals surface area (Å²) in [7, 11) is 0. The third kappa shape index (κ3) is 4.13. The van der Waals surface area contributed by atoms with E-state index in [0.717, 1.165) is 62.8 Å². The van der Waals surface area contributed by atoms with Gasteiger partial charge in [0.2, 0.25) is 0 Å². The summed E-state index contributed by atoms with van der Waals surface area (Å²) in [6, 6.07) is 12.2. The average Bonchev–Trinajstić information content (AvgIpc) is 3.68. The molecule has 4 aliphatic heterocycles. The molecule has 4 saturated heterocycles. The van der Waals surface area contributed by atoms with Crippen LogP contribution >= 0.6 is 0 Å². The molecule has 0 aliphatic carbocycles. The van der Waals surface area contributed by atoms with Crippen LogP contribution in [0.5, 0.6) is 11.8 Å². The molecule has 40 heavy (non-hydrogen) atoms. The zero-order valence-electron chi connectivity index (χ0n) is 22.1. The molecule has 2 N–H and O–H groups in total. The molecule has 4 aliphatic rings. The number of piperazine rings is 1. The summed E-state index contributed by atoms with van der Waals surface area (Å²) in [5, 5.41) is 16.2. The van der Waals surface area contributed by atoms with Gasteiger partial charge < -0.3 is 24.8 Å². The number of pyridine rings is 1. The summed E-state index contributed by atoms with van der Waals surface area (Å²) in [4.78, 5) is 18.6. The number of aromatic nitrogens is 3. The molecule has 0 saturated carbocycles. The average molecular weight is 543 g/mol. The molecule has 4 bridgehead atoms. The van der Waals surface area contributed by atoms with E-state index < -0.39 is 5.82 Å². The molecule has 6 heterocycles. The van der Waals surface area contributed by atoms with E-state index in [1.165, 1.54) is 0 Å². The number of morpholine rings is 1. The largest absolute Gasteiger partial charge is 0.508 e. The highest BCUT2D eigenvalue weighted by atomic mass is 19.1. The van der Waals surface area contributed by atoms with E-state index in [4.69, 9.17) is 14.5 Å². The predicted molar refractivity (Wildman–Crippen MR) is 149 cm³/mol. The Balaban J connectivity index is 1.19. The first kappa shape index (κ1) is 24.2. The van der Waals surface area contributed by atoms with Crippen molar-refractivity contribution < 1.29 is 19.0 Å². The number of likely N-dealkylation sites (tertiary alicyclic amines) is 1. The molecular weight excluding hydrogens is 511 g/mol. The smallest absolute Gasteiger partial charge is 0.319 e. The van der Waals surface area contributed by atoms with Gasteiger partial charge in [0.15, 0.2) is 5.82 Å². The van der Waals surface area contributed by atoms with Gasteiger partial charge in [-0.2, -0.15) is 9.97 Å². The number of fused-ring (bicyclic) bond motifs is 6. The lowest BCUT2D eigenvalue weighted by molar-refractivity contribution is 0.0253. The van der Waals surface area contributed by atoms with Crippen LogP contribution in [0.25, 0.3) is 32.9 Å². The minimum atomic E-state index is -0.547. The van der Waals surface area contributed by atoms with Gasteiger partial charge in [-0.1, -0.05) is 24.3 Å². The van der Waals surface area contributed by atoms with Crippen molar-refractivity contribution in [3.63, 3.8) is 0 Å². The number of hydrogen-bond acceptors (Lipinski definition) is 9. The minimum Gasteiger partial charge on any atom is -0.508 e. The molecule has 8 rings (SSSR count). The summed E-state index contributed by atoms with van der Waals surface area (Å²) in [5.74, 6) is 0.166. The van der Waals surface area contributed by atoms with Crippen LogP contribution in [-0.4, -0.2) is 88.6 Å². The Morgan fingerprint density at radius 2 is 1.93 bits per heavy atom. The molecule has 4 fully saturated rings. The molecule has 3 unspecified atom stereocenters. The van der Waals surface area contributed by atoms with Crippen LogP contribution in [0.4, 0.5) is 10.2 Å². The van der Waals surface area contributed by atoms with Crippen LogP contribution < -0.4 is 15.0 Å². The van der Waals surface area contributed by atoms with Crippen LogP contribution in [0.15, 0.2) is 42.6 Å². The maximum atomic E-state index is 16.4. The SMILES string of the molecule is Oc1cc(-c2ncc3c(N4CC5CCC(C4)N5)nc(OCCN4C[C@@H]5CC4CO5)nc3c2F)c2ccccc2c1. The van der Waals surface area contributed by atoms with Gasteiger partial charge in [0.05, 0.1) is 18.1 Å². The summed E-state index contributed by atoms with van der Waals surface area (Å²) in [6.45, 7) is 4.44. The lowest BCUT2D eigenvalue weighted by Crippen LogP contribution is -2.51. The third-order valence-corrected chi connectivity index (χ3v) is 8.88. The fourth-order valence-corrected chi connectivity index (χ4v) is 6.98. The van der Waals surface area contributed by atoms with Crippen molar-refractivity contribution in [3.05, 3.63) is 48.4 Å². The van der Waals surface area contributed by atoms with E-state index in [9.17, 15) is 5.11 Å². The molecule has 206 valence electrons. The molecular formula is C30H31FN6O3. The lowest BCUT2D eigenvalue weighted by Gasteiger charge is -2.34. The molecule has 4 atom stereocenters. The molecule has 4 aromatic rings. The number of nitrogens with zero attached hydrogens (tertiary/aromatic N) is 5. The first-order chi connectivity index (χ1) is 19.6. The van der Waals surface area contributed by atoms with Crippen molar-refractivity contribution >= 4 is 27.5 Å². The van der Waals surface area contributed by atoms with E-state index in [1.54, 1.807) is 18.3 Å². The van der Waals surface area contributed by atoms with Crippen molar-refractivity contribution in [2.24, 2.45) is 0 Å². The summed E-state index contributed by atoms with van der Waals surface area (Å²) in [6.07, 6.45) is 5.31. The van der Waals surface area contributed by atoms with Gasteiger partial charge in [0.1, 0.15) is 29.4 Å². The second kappa shape index (κ2) is 9.50. The summed E-state index contributed by atoms with van der Waals surface area (Å²) in [5.41, 5.74) is 0.838. The van der Waals surface area contributed by atoms with E-state index in [0.29, 0.717) is 47.6 Å². The monoisotopic (exact) mass is 542 g/mol. The molecule has 0 radical (unpaired) electrons. The zero-order chi connectivity index (χ0) is 26.8. The quantitative estimate of drug-likeness (QED) is 0.380. The number of ether oxygens (including phenoxy) is 2. The van der Waals surface area contributed by atoms with E-state index >= 15 is 4.39 Å². The van der Waals surface area contributed by atoms with Gasteiger partial charge in [-0.3, -0.25) is 9.88 Å². The van der Waals surface area contributed by atoms with Crippen molar-refractivity contribution in [2.75, 3.05) is 44.3 Å². The predicted octanol–water partition coefficient (Wildman–Crippen LogP) is 3.48. The number of benzene rings is 2. The second-order valence-corrected chi connectivity index (χ2v) is 11.5. The van der Waals surface area contributed by atoms with Crippen molar-refractivity contribution in [3.8, 4) is 23.0 Å². The normalized spacial score (nSPS) is 25.9. The van der Waals surface area contributed by atoms with Crippen LogP contribution in [0.2, 0.25) is 0 Å². The van der Waals surface area contributed by atoms with Crippen LogP contribution in [-0.2, 0) is 4.74 Å². The van der Waals surface area contributed by atoms with E-state index in [2.05, 4.69) is 25.1 Å². The number of aromatic hydroxyl groups is 1. The van der Waals surface area contributed by atoms with Gasteiger partial charge in [0, 0.05) is 56.1 Å². The Labute approximate surface area is 230 Å². The number of hydrogen-bond donors (Lipinski definition) is 2. The van der Waals surface area contributed by atoms with Crippen molar-refractivity contribution in [1.82, 2.24) is 25.2 Å². The second-order valence-electron chi connectivity index (χ2n) is 11.5. The number of halogens is 1. The van der Waals surface area contributed by atoms with Gasteiger partial charge in [0.25, 0.3) is 0 Å². The van der Waals surface area contributed by atoms with Crippen LogP contribution in [0.3, 0.4) is 0 Å². The highest BCUT2D eigenvalue weighted by molar-refractivity contribution is 5.99. The summed E-state index contributed by atoms with van der Waals surface area (Å²) < 4.78 is 28.2. The van der Waals surface area contributed by atoms with Gasteiger partial charge >= 0.3 is 6.01 Å². The van der Waals surface area contributed by atoms with Crippen molar-refractivity contribution in [1.29, 1.82) is 0 Å². The first-order valence-corrected chi connectivity index (χ1v) is 14.2. The third-order valence-electron chi connectivity index (χ3n) is 8.88. The highest BCUT2D eigenvalue weighted by Gasteiger charge is 2.38. The van der Waals surface area contributed by atoms with Crippen molar-refractivity contribution in [2.45, 2.75) is 43.5 Å². The number of rotatable bonds is 6. The van der Waals surface area contributed by atoms with E-state index in [-0.39, 0.29) is 23.0 Å². The van der Waals surface area contributed by atoms with Gasteiger partial charge in [-0.15, -0.1) is 0 Å². The fourth-order valence-electron chi connectivity index (χ4n) is 6.98. The number of anilines is 1.